The smallest absolute Gasteiger partial charge is 0.316 e. The highest BCUT2D eigenvalue weighted by Gasteiger charge is 2.32. The molecule has 10 heteroatoms. The molecule has 2 heterocycles. The maximum absolute atomic E-state index is 13.0. The second-order valence-corrected chi connectivity index (χ2v) is 8.32. The lowest BCUT2D eigenvalue weighted by Crippen LogP contribution is -2.44. The van der Waals surface area contributed by atoms with Gasteiger partial charge in [0.25, 0.3) is 0 Å². The van der Waals surface area contributed by atoms with Crippen molar-refractivity contribution in [1.82, 2.24) is 14.3 Å². The second-order valence-electron chi connectivity index (χ2n) is 5.95. The van der Waals surface area contributed by atoms with Gasteiger partial charge in [-0.15, -0.1) is 0 Å². The van der Waals surface area contributed by atoms with E-state index in [1.54, 1.807) is 6.07 Å². The number of benzene rings is 1. The lowest BCUT2D eigenvalue weighted by Gasteiger charge is -2.31. The highest BCUT2D eigenvalue weighted by Crippen LogP contribution is 2.31. The average Bonchev–Trinajstić information content (AvgIpc) is 2.69. The number of halogens is 1. The molecule has 1 aromatic carbocycles. The van der Waals surface area contributed by atoms with E-state index < -0.39 is 10.0 Å². The molecule has 0 bridgehead atoms. The van der Waals surface area contributed by atoms with E-state index >= 15 is 0 Å². The van der Waals surface area contributed by atoms with E-state index in [9.17, 15) is 8.42 Å². The van der Waals surface area contributed by atoms with Crippen LogP contribution < -0.4 is 14.2 Å². The zero-order valence-electron chi connectivity index (χ0n) is 15.0. The Morgan fingerprint density at radius 3 is 2.52 bits per heavy atom. The Morgan fingerprint density at radius 2 is 1.85 bits per heavy atom. The van der Waals surface area contributed by atoms with Crippen LogP contribution in [0.3, 0.4) is 0 Å². The van der Waals surface area contributed by atoms with Gasteiger partial charge >= 0.3 is 6.01 Å². The summed E-state index contributed by atoms with van der Waals surface area (Å²) >= 11 is 5.76. The predicted octanol–water partition coefficient (Wildman–Crippen LogP) is 2.38. The normalized spacial score (nSPS) is 18.1. The van der Waals surface area contributed by atoms with Crippen LogP contribution >= 0.6 is 11.6 Å². The fourth-order valence-corrected chi connectivity index (χ4v) is 4.48. The standard InChI is InChI=1S/C17H20ClN3O5S/c1-24-15-6-5-14(8-16(15)25-2)27(22,23)21-7-3-4-13(11-21)26-17-19-9-12(18)10-20-17/h5-6,8-10,13H,3-4,7,11H2,1-2H3. The van der Waals surface area contributed by atoms with Crippen LogP contribution in [-0.4, -0.2) is 56.1 Å². The fraction of sp³-hybridized carbons (Fsp3) is 0.412. The van der Waals surface area contributed by atoms with Gasteiger partial charge < -0.3 is 14.2 Å². The molecule has 0 aliphatic carbocycles. The summed E-state index contributed by atoms with van der Waals surface area (Å²) in [6.07, 6.45) is 3.92. The number of rotatable bonds is 6. The Kier molecular flexibility index (Phi) is 6.03. The Balaban J connectivity index is 1.77. The SMILES string of the molecule is COc1ccc(S(=O)(=O)N2CCCC(Oc3ncc(Cl)cn3)C2)cc1OC. The molecule has 1 fully saturated rings. The molecule has 0 saturated carbocycles. The molecule has 1 saturated heterocycles. The maximum Gasteiger partial charge on any atom is 0.316 e. The Morgan fingerprint density at radius 1 is 1.15 bits per heavy atom. The van der Waals surface area contributed by atoms with E-state index in [0.29, 0.717) is 35.9 Å². The largest absolute Gasteiger partial charge is 0.493 e. The molecule has 1 aliphatic rings. The molecule has 0 spiro atoms. The number of sulfonamides is 1. The first-order chi connectivity index (χ1) is 12.9. The van der Waals surface area contributed by atoms with Crippen molar-refractivity contribution in [2.75, 3.05) is 27.3 Å². The van der Waals surface area contributed by atoms with Gasteiger partial charge in [-0.2, -0.15) is 4.31 Å². The number of aromatic nitrogens is 2. The molecule has 27 heavy (non-hydrogen) atoms. The minimum absolute atomic E-state index is 0.142. The molecule has 0 radical (unpaired) electrons. The summed E-state index contributed by atoms with van der Waals surface area (Å²) in [6, 6.07) is 4.71. The molecular weight excluding hydrogens is 394 g/mol. The number of ether oxygens (including phenoxy) is 3. The number of piperidine rings is 1. The third kappa shape index (κ3) is 4.42. The van der Waals surface area contributed by atoms with E-state index in [1.165, 1.54) is 43.1 Å². The maximum atomic E-state index is 13.0. The van der Waals surface area contributed by atoms with Gasteiger partial charge in [0.2, 0.25) is 10.0 Å². The van der Waals surface area contributed by atoms with Crippen LogP contribution in [0.2, 0.25) is 5.02 Å². The van der Waals surface area contributed by atoms with Gasteiger partial charge in [0.15, 0.2) is 11.5 Å². The van der Waals surface area contributed by atoms with Crippen LogP contribution in [0.5, 0.6) is 17.5 Å². The Hall–Kier alpha value is -2.10. The van der Waals surface area contributed by atoms with Crippen LogP contribution in [0.25, 0.3) is 0 Å². The van der Waals surface area contributed by atoms with Gasteiger partial charge in [0.1, 0.15) is 6.10 Å². The highest BCUT2D eigenvalue weighted by molar-refractivity contribution is 7.89. The van der Waals surface area contributed by atoms with Gasteiger partial charge in [-0.1, -0.05) is 11.6 Å². The molecule has 0 amide bonds. The zero-order valence-corrected chi connectivity index (χ0v) is 16.5. The fourth-order valence-electron chi connectivity index (χ4n) is 2.86. The van der Waals surface area contributed by atoms with Gasteiger partial charge in [0, 0.05) is 12.6 Å². The Labute approximate surface area is 163 Å². The van der Waals surface area contributed by atoms with E-state index in [-0.39, 0.29) is 23.6 Å². The third-order valence-corrected chi connectivity index (χ3v) is 6.26. The monoisotopic (exact) mass is 413 g/mol. The second kappa shape index (κ2) is 8.28. The van der Waals surface area contributed by atoms with Crippen molar-refractivity contribution in [1.29, 1.82) is 0 Å². The van der Waals surface area contributed by atoms with Gasteiger partial charge in [-0.3, -0.25) is 0 Å². The number of hydrogen-bond acceptors (Lipinski definition) is 7. The van der Waals surface area contributed by atoms with Crippen LogP contribution in [0.1, 0.15) is 12.8 Å². The first-order valence-corrected chi connectivity index (χ1v) is 10.1. The topological polar surface area (TPSA) is 90.9 Å². The van der Waals surface area contributed by atoms with Crippen LogP contribution in [-0.2, 0) is 10.0 Å². The first-order valence-electron chi connectivity index (χ1n) is 8.30. The lowest BCUT2D eigenvalue weighted by atomic mass is 10.1. The first kappa shape index (κ1) is 19.7. The van der Waals surface area contributed by atoms with Crippen molar-refractivity contribution in [2.24, 2.45) is 0 Å². The molecule has 2 aromatic rings. The summed E-state index contributed by atoms with van der Waals surface area (Å²) in [5, 5.41) is 0.406. The minimum atomic E-state index is -3.70. The molecule has 1 aromatic heterocycles. The van der Waals surface area contributed by atoms with E-state index in [4.69, 9.17) is 25.8 Å². The predicted molar refractivity (Wildman–Crippen MR) is 99.0 cm³/mol. The van der Waals surface area contributed by atoms with E-state index in [2.05, 4.69) is 9.97 Å². The molecule has 8 nitrogen and oxygen atoms in total. The van der Waals surface area contributed by atoms with Gasteiger partial charge in [0.05, 0.1) is 43.1 Å². The van der Waals surface area contributed by atoms with E-state index in [1.807, 2.05) is 0 Å². The summed E-state index contributed by atoms with van der Waals surface area (Å²) in [6.45, 7) is 0.626. The molecule has 146 valence electrons. The van der Waals surface area contributed by atoms with Crippen molar-refractivity contribution in [2.45, 2.75) is 23.8 Å². The Bertz CT molecular complexity index is 892. The number of hydrogen-bond donors (Lipinski definition) is 0. The summed E-state index contributed by atoms with van der Waals surface area (Å²) < 4.78 is 43.5. The highest BCUT2D eigenvalue weighted by atomic mass is 35.5. The number of methoxy groups -OCH3 is 2. The quantitative estimate of drug-likeness (QED) is 0.717. The van der Waals surface area contributed by atoms with Crippen LogP contribution in [0.15, 0.2) is 35.5 Å². The third-order valence-electron chi connectivity index (χ3n) is 4.20. The summed E-state index contributed by atoms with van der Waals surface area (Å²) in [5.74, 6) is 0.828. The summed E-state index contributed by atoms with van der Waals surface area (Å²) in [5.41, 5.74) is 0. The van der Waals surface area contributed by atoms with Crippen molar-refractivity contribution >= 4 is 21.6 Å². The molecular formula is C17H20ClN3O5S. The minimum Gasteiger partial charge on any atom is -0.493 e. The molecule has 1 aliphatic heterocycles. The van der Waals surface area contributed by atoms with Gasteiger partial charge in [-0.25, -0.2) is 18.4 Å². The summed E-state index contributed by atoms with van der Waals surface area (Å²) in [4.78, 5) is 8.13. The van der Waals surface area contributed by atoms with Crippen LogP contribution in [0.4, 0.5) is 0 Å². The molecule has 1 unspecified atom stereocenters. The molecule has 1 atom stereocenters. The number of nitrogens with zero attached hydrogens (tertiary/aromatic N) is 3. The van der Waals surface area contributed by atoms with Crippen LogP contribution in [0, 0.1) is 0 Å². The van der Waals surface area contributed by atoms with Crippen molar-refractivity contribution in [3.8, 4) is 17.5 Å². The van der Waals surface area contributed by atoms with E-state index in [0.717, 1.165) is 0 Å². The molecule has 3 rings (SSSR count). The van der Waals surface area contributed by atoms with Gasteiger partial charge in [-0.05, 0) is 25.0 Å². The zero-order chi connectivity index (χ0) is 19.4. The average molecular weight is 414 g/mol. The lowest BCUT2D eigenvalue weighted by molar-refractivity contribution is 0.119. The summed E-state index contributed by atoms with van der Waals surface area (Å²) in [7, 11) is -0.735. The van der Waals surface area contributed by atoms with Crippen molar-refractivity contribution < 1.29 is 22.6 Å². The molecule has 0 N–H and O–H groups in total. The van der Waals surface area contributed by atoms with Crippen molar-refractivity contribution in [3.63, 3.8) is 0 Å². The van der Waals surface area contributed by atoms with Crippen molar-refractivity contribution in [3.05, 3.63) is 35.6 Å².